The minimum Gasteiger partial charge on any atom is -0.481 e. The molecule has 0 spiro atoms. The molecule has 9 N–H and O–H groups in total. The fraction of sp³-hybridized carbons (Fsp3) is 0.816. The van der Waals surface area contributed by atoms with Crippen LogP contribution in [0.1, 0.15) is 161 Å². The van der Waals surface area contributed by atoms with Gasteiger partial charge in [-0.25, -0.2) is 4.79 Å². The average Bonchev–Trinajstić information content (AvgIpc) is 3.34. The molecule has 0 radical (unpaired) electrons. The Morgan fingerprint density at radius 3 is 1.41 bits per heavy atom. The van der Waals surface area contributed by atoms with Gasteiger partial charge in [0.15, 0.2) is 0 Å². The maximum absolute atomic E-state index is 12.3. The number of aliphatic carboxylic acids is 2. The third kappa shape index (κ3) is 44.9. The van der Waals surface area contributed by atoms with Gasteiger partial charge in [0.1, 0.15) is 25.5 Å². The molecule has 6 amide bonds. The number of hydrogen-bond donors (Lipinski definition) is 9. The highest BCUT2D eigenvalue weighted by Gasteiger charge is 2.22. The highest BCUT2D eigenvalue weighted by Crippen LogP contribution is 2.14. The van der Waals surface area contributed by atoms with Gasteiger partial charge in [0.05, 0.1) is 58.3 Å². The zero-order valence-electron chi connectivity index (χ0n) is 42.4. The van der Waals surface area contributed by atoms with Crippen LogP contribution in [0.4, 0.5) is 0 Å². The Morgan fingerprint density at radius 2 is 0.901 bits per heavy atom. The van der Waals surface area contributed by atoms with E-state index < -0.39 is 55.1 Å². The first kappa shape index (κ1) is 66.2. The van der Waals surface area contributed by atoms with Crippen LogP contribution in [0.25, 0.3) is 0 Å². The summed E-state index contributed by atoms with van der Waals surface area (Å²) >= 11 is 0. The number of carboxylic acids is 2. The average molecular weight is 1020 g/mol. The summed E-state index contributed by atoms with van der Waals surface area (Å²) in [7, 11) is 0. The number of aliphatic hydroxyl groups is 1. The number of aldehydes is 1. The predicted molar refractivity (Wildman–Crippen MR) is 263 cm³/mol. The highest BCUT2D eigenvalue weighted by atomic mass is 16.5. The summed E-state index contributed by atoms with van der Waals surface area (Å²) in [5, 5.41) is 43.3. The van der Waals surface area contributed by atoms with Crippen LogP contribution < -0.4 is 31.9 Å². The highest BCUT2D eigenvalue weighted by molar-refractivity contribution is 5.85. The van der Waals surface area contributed by atoms with E-state index in [2.05, 4.69) is 31.9 Å². The number of carbonyl (C=O) groups excluding carboxylic acids is 7. The van der Waals surface area contributed by atoms with Crippen molar-refractivity contribution in [3.05, 3.63) is 0 Å². The number of ether oxygens (including phenoxy) is 4. The summed E-state index contributed by atoms with van der Waals surface area (Å²) in [6, 6.07) is -2.76. The molecule has 0 heterocycles. The molecule has 3 atom stereocenters. The molecule has 0 aromatic heterocycles. The molecule has 0 aliphatic heterocycles. The van der Waals surface area contributed by atoms with Crippen molar-refractivity contribution in [3.8, 4) is 0 Å². The van der Waals surface area contributed by atoms with E-state index in [9.17, 15) is 53.4 Å². The first-order chi connectivity index (χ1) is 34.3. The predicted octanol–water partition coefficient (Wildman–Crippen LogP) is 2.60. The first-order valence-corrected chi connectivity index (χ1v) is 25.8. The maximum atomic E-state index is 12.3. The van der Waals surface area contributed by atoms with Gasteiger partial charge in [0, 0.05) is 51.7 Å². The van der Waals surface area contributed by atoms with Gasteiger partial charge >= 0.3 is 11.9 Å². The van der Waals surface area contributed by atoms with Crippen molar-refractivity contribution in [2.45, 2.75) is 179 Å². The topological polar surface area (TPSA) is 323 Å². The molecule has 71 heavy (non-hydrogen) atoms. The minimum atomic E-state index is -1.35. The molecular formula is C49H88N6O16. The molecule has 0 aliphatic rings. The lowest BCUT2D eigenvalue weighted by molar-refractivity contribution is -0.143. The number of amides is 6. The number of unbranched alkanes of at least 4 members (excludes halogenated alkanes) is 14. The molecule has 0 saturated carbocycles. The van der Waals surface area contributed by atoms with Crippen molar-refractivity contribution >= 4 is 53.7 Å². The smallest absolute Gasteiger partial charge is 0.326 e. The fourth-order valence-corrected chi connectivity index (χ4v) is 6.93. The lowest BCUT2D eigenvalue weighted by Crippen LogP contribution is -2.44. The van der Waals surface area contributed by atoms with Gasteiger partial charge in [0.2, 0.25) is 35.4 Å². The number of carboxylic acid groups (broad SMARTS) is 2. The number of rotatable bonds is 51. The molecule has 22 nitrogen and oxygen atoms in total. The molecule has 0 saturated heterocycles. The van der Waals surface area contributed by atoms with E-state index in [0.29, 0.717) is 19.3 Å². The Bertz CT molecular complexity index is 1470. The quantitative estimate of drug-likeness (QED) is 0.0312. The van der Waals surface area contributed by atoms with Crippen LogP contribution >= 0.6 is 0 Å². The maximum Gasteiger partial charge on any atom is 0.326 e. The summed E-state index contributed by atoms with van der Waals surface area (Å²) in [6.07, 6.45) is 18.5. The monoisotopic (exact) mass is 1020 g/mol. The largest absolute Gasteiger partial charge is 0.481 e. The fourth-order valence-electron chi connectivity index (χ4n) is 6.93. The van der Waals surface area contributed by atoms with E-state index in [4.69, 9.17) is 24.1 Å². The molecule has 0 fully saturated rings. The lowest BCUT2D eigenvalue weighted by Gasteiger charge is -2.18. The summed E-state index contributed by atoms with van der Waals surface area (Å²) < 4.78 is 21.3. The van der Waals surface area contributed by atoms with Gasteiger partial charge in [-0.3, -0.25) is 33.6 Å². The van der Waals surface area contributed by atoms with Gasteiger partial charge in [-0.2, -0.15) is 0 Å². The Hall–Kier alpha value is -4.77. The zero-order chi connectivity index (χ0) is 52.6. The van der Waals surface area contributed by atoms with Crippen LogP contribution in [0, 0.1) is 0 Å². The van der Waals surface area contributed by atoms with Crippen LogP contribution in [0.5, 0.6) is 0 Å². The second-order valence-electron chi connectivity index (χ2n) is 17.4. The molecule has 0 bridgehead atoms. The standard InChI is InChI=1S/C49H88N6O16/c1-2-3-26-50-42(58)23-20-40(36-57)54-45(61)25-22-41(49(66)67)55-47(63)38-71-34-32-69-30-28-52-46(62)37-70-33-31-68-29-27-51-43(59)24-21-39(35-56)53-44(60)18-16-14-12-10-8-6-4-5-7-9-11-13-15-17-19-48(64)65/h35,39-41,57H,2-34,36-38H2,1H3,(H,50,58)(H,51,59)(H,52,62)(H,53,60)(H,54,61)(H,55,63)(H,64,65)(H,66,67)/t39-,40-,41-/m0/s1. The van der Waals surface area contributed by atoms with Crippen molar-refractivity contribution in [1.82, 2.24) is 31.9 Å². The Morgan fingerprint density at radius 1 is 0.451 bits per heavy atom. The molecule has 0 aliphatic carbocycles. The van der Waals surface area contributed by atoms with Crippen LogP contribution in [-0.2, 0) is 62.1 Å². The second kappa shape index (κ2) is 47.5. The van der Waals surface area contributed by atoms with E-state index in [1.54, 1.807) is 0 Å². The van der Waals surface area contributed by atoms with Crippen molar-refractivity contribution in [3.63, 3.8) is 0 Å². The third-order valence-electron chi connectivity index (χ3n) is 11.0. The summed E-state index contributed by atoms with van der Waals surface area (Å²) in [4.78, 5) is 107. The van der Waals surface area contributed by atoms with Crippen LogP contribution in [0.15, 0.2) is 0 Å². The molecular weight excluding hydrogens is 929 g/mol. The SMILES string of the molecule is CCCCNC(=O)CC[C@@H](CO)NC(=O)CC[C@H](NC(=O)COCCOCCNC(=O)COCCOCCNC(=O)CC[C@@H](C=O)NC(=O)CCCCCCCCCCCCCCCCC(=O)O)C(=O)O. The van der Waals surface area contributed by atoms with E-state index in [0.717, 1.165) is 57.8 Å². The van der Waals surface area contributed by atoms with Crippen LogP contribution in [-0.4, -0.2) is 166 Å². The first-order valence-electron chi connectivity index (χ1n) is 25.8. The van der Waals surface area contributed by atoms with Gasteiger partial charge < -0.3 is 71.0 Å². The molecule has 0 aromatic rings. The van der Waals surface area contributed by atoms with E-state index >= 15 is 0 Å². The molecule has 410 valence electrons. The Balaban J connectivity index is 3.80. The van der Waals surface area contributed by atoms with E-state index in [1.165, 1.54) is 44.9 Å². The van der Waals surface area contributed by atoms with E-state index in [-0.39, 0.29) is 128 Å². The normalized spacial score (nSPS) is 12.3. The molecule has 0 aromatic carbocycles. The minimum absolute atomic E-state index is 0.0149. The van der Waals surface area contributed by atoms with Crippen molar-refractivity contribution < 1.29 is 77.4 Å². The summed E-state index contributed by atoms with van der Waals surface area (Å²) in [5.74, 6) is -4.32. The molecule has 22 heteroatoms. The van der Waals surface area contributed by atoms with Gasteiger partial charge in [-0.05, 0) is 38.5 Å². The second-order valence-corrected chi connectivity index (χ2v) is 17.4. The van der Waals surface area contributed by atoms with E-state index in [1.807, 2.05) is 6.92 Å². The number of aliphatic hydroxyl groups excluding tert-OH is 1. The zero-order valence-corrected chi connectivity index (χ0v) is 42.4. The van der Waals surface area contributed by atoms with Crippen molar-refractivity contribution in [1.29, 1.82) is 0 Å². The van der Waals surface area contributed by atoms with Crippen molar-refractivity contribution in [2.75, 3.05) is 79.1 Å². The Kier molecular flexibility index (Phi) is 44.4. The summed E-state index contributed by atoms with van der Waals surface area (Å²) in [5.41, 5.74) is 0. The molecule has 0 unspecified atom stereocenters. The summed E-state index contributed by atoms with van der Waals surface area (Å²) in [6.45, 7) is 2.73. The molecule has 0 rings (SSSR count). The lowest BCUT2D eigenvalue weighted by atomic mass is 10.0. The third-order valence-corrected chi connectivity index (χ3v) is 11.0. The van der Waals surface area contributed by atoms with Crippen LogP contribution in [0.3, 0.4) is 0 Å². The van der Waals surface area contributed by atoms with Crippen molar-refractivity contribution in [2.24, 2.45) is 0 Å². The van der Waals surface area contributed by atoms with Gasteiger partial charge in [-0.15, -0.1) is 0 Å². The number of hydrogen-bond acceptors (Lipinski definition) is 14. The van der Waals surface area contributed by atoms with Crippen LogP contribution in [0.2, 0.25) is 0 Å². The number of nitrogens with one attached hydrogen (secondary N) is 6. The number of carbonyl (C=O) groups is 9. The Labute approximate surface area is 420 Å². The van der Waals surface area contributed by atoms with Gasteiger partial charge in [0.25, 0.3) is 0 Å². The van der Waals surface area contributed by atoms with Gasteiger partial charge in [-0.1, -0.05) is 90.4 Å².